The van der Waals surface area contributed by atoms with Crippen LogP contribution in [0, 0.1) is 13.8 Å². The summed E-state index contributed by atoms with van der Waals surface area (Å²) in [5, 5.41) is 10.6. The number of carbonyl (C=O) groups excluding carboxylic acids is 1. The molecule has 4 rings (SSSR count). The largest absolute Gasteiger partial charge is 0.495 e. The molecule has 1 amide bonds. The van der Waals surface area contributed by atoms with E-state index in [1.165, 1.54) is 19.2 Å². The third kappa shape index (κ3) is 5.41. The molecule has 0 saturated carbocycles. The van der Waals surface area contributed by atoms with Crippen molar-refractivity contribution in [2.45, 2.75) is 31.0 Å². The summed E-state index contributed by atoms with van der Waals surface area (Å²) in [5.41, 5.74) is 2.75. The summed E-state index contributed by atoms with van der Waals surface area (Å²) in [7, 11) is -2.50. The zero-order chi connectivity index (χ0) is 25.2. The highest BCUT2D eigenvalue weighted by Gasteiger charge is 2.36. The smallest absolute Gasteiger partial charge is 0.265 e. The van der Waals surface area contributed by atoms with E-state index in [1.54, 1.807) is 41.3 Å². The number of ether oxygens (including phenoxy) is 2. The minimum absolute atomic E-state index is 0.0145. The van der Waals surface area contributed by atoms with Gasteiger partial charge in [0, 0.05) is 11.6 Å². The summed E-state index contributed by atoms with van der Waals surface area (Å²) >= 11 is 0. The van der Waals surface area contributed by atoms with Gasteiger partial charge in [-0.15, -0.1) is 0 Å². The van der Waals surface area contributed by atoms with Gasteiger partial charge in [-0.3, -0.25) is 9.52 Å². The van der Waals surface area contributed by atoms with Crippen LogP contribution in [0.25, 0.3) is 0 Å². The molecule has 0 radical (unpaired) electrons. The molecule has 3 aromatic rings. The maximum Gasteiger partial charge on any atom is 0.265 e. The number of nitrogens with one attached hydrogen (secondary N) is 1. The number of β-amino-alcohol motifs (C(OH)–C–C–N with tert-alkyl or cyclic N) is 1. The summed E-state index contributed by atoms with van der Waals surface area (Å²) < 4.78 is 39.4. The van der Waals surface area contributed by atoms with Gasteiger partial charge in [0.25, 0.3) is 15.9 Å². The number of anilines is 1. The van der Waals surface area contributed by atoms with E-state index in [0.29, 0.717) is 17.0 Å². The molecule has 2 unspecified atom stereocenters. The number of carbonyl (C=O) groups is 1. The number of aliphatic hydroxyl groups is 1. The molecule has 1 heterocycles. The number of aliphatic hydroxyl groups excluding tert-OH is 1. The Bertz CT molecular complexity index is 1340. The molecule has 0 spiro atoms. The molecule has 1 saturated heterocycles. The summed E-state index contributed by atoms with van der Waals surface area (Å²) in [6, 6.07) is 18.5. The fourth-order valence-electron chi connectivity index (χ4n) is 4.03. The highest BCUT2D eigenvalue weighted by atomic mass is 32.2. The predicted molar refractivity (Wildman–Crippen MR) is 132 cm³/mol. The molecule has 2 N–H and O–H groups in total. The van der Waals surface area contributed by atoms with Crippen LogP contribution < -0.4 is 14.2 Å². The van der Waals surface area contributed by atoms with E-state index in [2.05, 4.69) is 4.72 Å². The van der Waals surface area contributed by atoms with E-state index in [4.69, 9.17) is 9.47 Å². The van der Waals surface area contributed by atoms with Gasteiger partial charge in [0.1, 0.15) is 28.6 Å². The van der Waals surface area contributed by atoms with E-state index < -0.39 is 22.2 Å². The fraction of sp³-hybridized carbons (Fsp3) is 0.269. The van der Waals surface area contributed by atoms with Gasteiger partial charge in [0.15, 0.2) is 0 Å². The van der Waals surface area contributed by atoms with Gasteiger partial charge in [-0.25, -0.2) is 8.42 Å². The normalized spacial score (nSPS) is 17.8. The predicted octanol–water partition coefficient (Wildman–Crippen LogP) is 3.38. The lowest BCUT2D eigenvalue weighted by Crippen LogP contribution is -2.31. The van der Waals surface area contributed by atoms with Crippen LogP contribution in [0.1, 0.15) is 21.5 Å². The molecule has 9 heteroatoms. The van der Waals surface area contributed by atoms with Gasteiger partial charge >= 0.3 is 0 Å². The van der Waals surface area contributed by atoms with Crippen molar-refractivity contribution in [2.75, 3.05) is 24.9 Å². The lowest BCUT2D eigenvalue weighted by atomic mass is 10.0. The molecule has 0 bridgehead atoms. The van der Waals surface area contributed by atoms with Gasteiger partial charge in [-0.2, -0.15) is 0 Å². The second-order valence-electron chi connectivity index (χ2n) is 8.54. The second kappa shape index (κ2) is 9.97. The molecule has 3 aromatic carbocycles. The number of benzene rings is 3. The average molecular weight is 497 g/mol. The molecule has 184 valence electrons. The molecule has 1 fully saturated rings. The number of likely N-dealkylation sites (tertiary alicyclic amines) is 1. The minimum atomic E-state index is -3.90. The third-order valence-corrected chi connectivity index (χ3v) is 7.30. The fourth-order valence-corrected chi connectivity index (χ4v) is 5.25. The monoisotopic (exact) mass is 496 g/mol. The standard InChI is InChI=1S/C26H28N2O6S/c1-17-11-12-18(2)21(13-17)26(30)28-15-22(29)24(16-28)34-20-8-6-7-19(14-20)27-35(31,32)25-10-5-4-9-23(25)33-3/h4-14,22,24,27,29H,15-16H2,1-3H3. The van der Waals surface area contributed by atoms with Crippen LogP contribution in [0.3, 0.4) is 0 Å². The van der Waals surface area contributed by atoms with Crippen LogP contribution in [0.15, 0.2) is 71.6 Å². The molecule has 0 aliphatic carbocycles. The Hall–Kier alpha value is -3.56. The molecule has 1 aliphatic heterocycles. The molecule has 35 heavy (non-hydrogen) atoms. The number of rotatable bonds is 7. The SMILES string of the molecule is COc1ccccc1S(=O)(=O)Nc1cccc(OC2CN(C(=O)c3cc(C)ccc3C)CC2O)c1. The quantitative estimate of drug-likeness (QED) is 0.520. The van der Waals surface area contributed by atoms with Crippen molar-refractivity contribution in [3.8, 4) is 11.5 Å². The zero-order valence-corrected chi connectivity index (χ0v) is 20.6. The minimum Gasteiger partial charge on any atom is -0.495 e. The van der Waals surface area contributed by atoms with E-state index in [1.807, 2.05) is 32.0 Å². The van der Waals surface area contributed by atoms with Crippen molar-refractivity contribution in [1.82, 2.24) is 4.90 Å². The maximum atomic E-state index is 13.0. The number of methoxy groups -OCH3 is 1. The number of aryl methyl sites for hydroxylation is 2. The van der Waals surface area contributed by atoms with Gasteiger partial charge in [0.05, 0.1) is 25.9 Å². The Balaban J connectivity index is 1.47. The molecule has 8 nitrogen and oxygen atoms in total. The first-order chi connectivity index (χ1) is 16.7. The molecule has 0 aromatic heterocycles. The number of para-hydroxylation sites is 1. The number of hydrogen-bond donors (Lipinski definition) is 2. The molecular weight excluding hydrogens is 468 g/mol. The van der Waals surface area contributed by atoms with Crippen LogP contribution in [-0.4, -0.2) is 56.7 Å². The topological polar surface area (TPSA) is 105 Å². The lowest BCUT2D eigenvalue weighted by Gasteiger charge is -2.19. The van der Waals surface area contributed by atoms with E-state index in [9.17, 15) is 18.3 Å². The summed E-state index contributed by atoms with van der Waals surface area (Å²) in [4.78, 5) is 14.6. The Morgan fingerprint density at radius 1 is 1.03 bits per heavy atom. The van der Waals surface area contributed by atoms with E-state index >= 15 is 0 Å². The van der Waals surface area contributed by atoms with Crippen molar-refractivity contribution in [3.63, 3.8) is 0 Å². The van der Waals surface area contributed by atoms with Crippen molar-refractivity contribution in [1.29, 1.82) is 0 Å². The Labute approximate surface area is 205 Å². The van der Waals surface area contributed by atoms with Gasteiger partial charge < -0.3 is 19.5 Å². The Kier molecular flexibility index (Phi) is 7.00. The second-order valence-corrected chi connectivity index (χ2v) is 10.2. The Morgan fingerprint density at radius 3 is 2.57 bits per heavy atom. The maximum absolute atomic E-state index is 13.0. The van der Waals surface area contributed by atoms with Crippen LogP contribution in [0.5, 0.6) is 11.5 Å². The first kappa shape index (κ1) is 24.6. The number of sulfonamides is 1. The van der Waals surface area contributed by atoms with Gasteiger partial charge in [-0.1, -0.05) is 35.9 Å². The van der Waals surface area contributed by atoms with Crippen molar-refractivity contribution in [3.05, 3.63) is 83.4 Å². The van der Waals surface area contributed by atoms with Gasteiger partial charge in [0.2, 0.25) is 0 Å². The number of amides is 1. The van der Waals surface area contributed by atoms with Crippen molar-refractivity contribution in [2.24, 2.45) is 0 Å². The zero-order valence-electron chi connectivity index (χ0n) is 19.8. The molecule has 2 atom stereocenters. The van der Waals surface area contributed by atoms with Crippen molar-refractivity contribution < 1.29 is 27.8 Å². The first-order valence-corrected chi connectivity index (χ1v) is 12.6. The summed E-state index contributed by atoms with van der Waals surface area (Å²) in [6.45, 7) is 4.17. The Morgan fingerprint density at radius 2 is 1.80 bits per heavy atom. The average Bonchev–Trinajstić information content (AvgIpc) is 3.20. The van der Waals surface area contributed by atoms with Crippen LogP contribution in [0.4, 0.5) is 5.69 Å². The third-order valence-electron chi connectivity index (χ3n) is 5.88. The lowest BCUT2D eigenvalue weighted by molar-refractivity contribution is 0.0730. The van der Waals surface area contributed by atoms with E-state index in [-0.39, 0.29) is 29.6 Å². The summed E-state index contributed by atoms with van der Waals surface area (Å²) in [6.07, 6.45) is -1.52. The van der Waals surface area contributed by atoms with Crippen LogP contribution in [-0.2, 0) is 10.0 Å². The van der Waals surface area contributed by atoms with Crippen LogP contribution >= 0.6 is 0 Å². The van der Waals surface area contributed by atoms with E-state index in [0.717, 1.165) is 11.1 Å². The summed E-state index contributed by atoms with van der Waals surface area (Å²) in [5.74, 6) is 0.445. The van der Waals surface area contributed by atoms with Crippen molar-refractivity contribution >= 4 is 21.6 Å². The van der Waals surface area contributed by atoms with Crippen LogP contribution in [0.2, 0.25) is 0 Å². The van der Waals surface area contributed by atoms with Gasteiger partial charge in [-0.05, 0) is 49.7 Å². The number of nitrogens with zero attached hydrogens (tertiary/aromatic N) is 1. The highest BCUT2D eigenvalue weighted by molar-refractivity contribution is 7.92. The molecule has 1 aliphatic rings. The first-order valence-electron chi connectivity index (χ1n) is 11.1. The molecular formula is C26H28N2O6S. The number of hydrogen-bond acceptors (Lipinski definition) is 6. The highest BCUT2D eigenvalue weighted by Crippen LogP contribution is 2.28.